The van der Waals surface area contributed by atoms with Crippen molar-refractivity contribution in [3.05, 3.63) is 66.5 Å². The summed E-state index contributed by atoms with van der Waals surface area (Å²) in [5.41, 5.74) is 2.88. The van der Waals surface area contributed by atoms with Gasteiger partial charge in [0.25, 0.3) is 0 Å². The van der Waals surface area contributed by atoms with Gasteiger partial charge in [-0.05, 0) is 75.0 Å². The molecule has 214 valence electrons. The van der Waals surface area contributed by atoms with Crippen LogP contribution >= 0.6 is 11.6 Å². The van der Waals surface area contributed by atoms with Gasteiger partial charge in [0.15, 0.2) is 0 Å². The summed E-state index contributed by atoms with van der Waals surface area (Å²) >= 11 is 6.67. The van der Waals surface area contributed by atoms with E-state index < -0.39 is 0 Å². The Bertz CT molecular complexity index is 1730. The van der Waals surface area contributed by atoms with Gasteiger partial charge in [0.05, 0.1) is 23.1 Å². The quantitative estimate of drug-likeness (QED) is 0.280. The Balaban J connectivity index is 1.20. The highest BCUT2D eigenvalue weighted by Crippen LogP contribution is 2.42. The van der Waals surface area contributed by atoms with Crippen LogP contribution in [0.25, 0.3) is 32.8 Å². The molecular weight excluding hydrogens is 548 g/mol. The van der Waals surface area contributed by atoms with Crippen molar-refractivity contribution >= 4 is 45.0 Å². The molecule has 4 saturated heterocycles. The number of likely N-dealkylation sites (tertiary alicyclic amines) is 1. The van der Waals surface area contributed by atoms with Crippen LogP contribution in [-0.4, -0.2) is 81.1 Å². The zero-order valence-electron chi connectivity index (χ0n) is 23.5. The van der Waals surface area contributed by atoms with Gasteiger partial charge in [0.1, 0.15) is 12.4 Å². The standard InChI is InChI=1S/C33H33ClN6O2/c1-2-29(41)39-15-10-27-28(39)19-40(27)31-23-9-8-21(24-18-35-17-22-6-3-7-25(34)30(22)24)16-26(23)36-32(37-31)42-20-33-11-4-13-38(33)14-5-12-33/h2-3,6-9,16-18,27-28H,1,4-5,10-15,19-20H2/t27-,28+/m0/s1. The van der Waals surface area contributed by atoms with Crippen LogP contribution in [-0.2, 0) is 4.79 Å². The summed E-state index contributed by atoms with van der Waals surface area (Å²) in [4.78, 5) is 33.8. The van der Waals surface area contributed by atoms with Crippen molar-refractivity contribution in [2.45, 2.75) is 49.7 Å². The summed E-state index contributed by atoms with van der Waals surface area (Å²) < 4.78 is 6.48. The fraction of sp³-hybridized carbons (Fsp3) is 0.394. The number of carbonyl (C=O) groups excluding carboxylic acids is 1. The first kappa shape index (κ1) is 25.9. The molecule has 4 aliphatic rings. The van der Waals surface area contributed by atoms with E-state index in [-0.39, 0.29) is 23.5 Å². The highest BCUT2D eigenvalue weighted by Gasteiger charge is 2.49. The van der Waals surface area contributed by atoms with Gasteiger partial charge in [-0.25, -0.2) is 0 Å². The molecule has 2 aromatic heterocycles. The van der Waals surface area contributed by atoms with E-state index >= 15 is 0 Å². The molecule has 0 bridgehead atoms. The largest absolute Gasteiger partial charge is 0.461 e. The van der Waals surface area contributed by atoms with Crippen LogP contribution < -0.4 is 9.64 Å². The number of benzene rings is 2. The van der Waals surface area contributed by atoms with Gasteiger partial charge in [-0.15, -0.1) is 0 Å². The first-order valence-electron chi connectivity index (χ1n) is 15.0. The number of nitrogens with zero attached hydrogens (tertiary/aromatic N) is 6. The Kier molecular flexibility index (Phi) is 6.12. The van der Waals surface area contributed by atoms with Crippen molar-refractivity contribution in [1.29, 1.82) is 0 Å². The molecule has 9 heteroatoms. The molecule has 2 atom stereocenters. The Morgan fingerprint density at radius 3 is 2.79 bits per heavy atom. The summed E-state index contributed by atoms with van der Waals surface area (Å²) in [5.74, 6) is 0.875. The number of hydrogen-bond donors (Lipinski definition) is 0. The van der Waals surface area contributed by atoms with Gasteiger partial charge in [-0.3, -0.25) is 14.7 Å². The van der Waals surface area contributed by atoms with Crippen molar-refractivity contribution in [1.82, 2.24) is 24.8 Å². The third-order valence-electron chi connectivity index (χ3n) is 10.0. The summed E-state index contributed by atoms with van der Waals surface area (Å²) in [5, 5.41) is 3.64. The lowest BCUT2D eigenvalue weighted by molar-refractivity contribution is -0.127. The normalized spacial score (nSPS) is 22.8. The van der Waals surface area contributed by atoms with Crippen molar-refractivity contribution < 1.29 is 9.53 Å². The number of fused-ring (bicyclic) bond motifs is 4. The molecule has 4 aromatic rings. The van der Waals surface area contributed by atoms with E-state index in [0.29, 0.717) is 17.6 Å². The predicted molar refractivity (Wildman–Crippen MR) is 165 cm³/mol. The van der Waals surface area contributed by atoms with Crippen LogP contribution in [0.15, 0.2) is 61.4 Å². The monoisotopic (exact) mass is 580 g/mol. The highest BCUT2D eigenvalue weighted by molar-refractivity contribution is 6.36. The van der Waals surface area contributed by atoms with Gasteiger partial charge in [-0.2, -0.15) is 9.97 Å². The minimum absolute atomic E-state index is 0.00246. The molecule has 4 fully saturated rings. The second-order valence-electron chi connectivity index (χ2n) is 12.1. The van der Waals surface area contributed by atoms with Crippen molar-refractivity contribution in [2.24, 2.45) is 0 Å². The molecule has 1 amide bonds. The lowest BCUT2D eigenvalue weighted by atomic mass is 9.95. The Hall–Kier alpha value is -3.75. The lowest BCUT2D eigenvalue weighted by Gasteiger charge is -2.47. The van der Waals surface area contributed by atoms with Crippen LogP contribution in [0.4, 0.5) is 5.82 Å². The van der Waals surface area contributed by atoms with E-state index in [1.807, 2.05) is 35.5 Å². The third-order valence-corrected chi connectivity index (χ3v) is 10.3. The number of pyridine rings is 1. The minimum atomic E-state index is 0.00246. The zero-order valence-corrected chi connectivity index (χ0v) is 24.3. The SMILES string of the molecule is C=CC(=O)N1CC[C@H]2[C@H]1CN2c1nc(OCC23CCCN2CCC3)nc2cc(-c3cncc4cccc(Cl)c34)ccc12. The lowest BCUT2D eigenvalue weighted by Crippen LogP contribution is -2.63. The molecule has 42 heavy (non-hydrogen) atoms. The second-order valence-corrected chi connectivity index (χ2v) is 12.5. The summed E-state index contributed by atoms with van der Waals surface area (Å²) in [6.45, 7) is 8.06. The van der Waals surface area contributed by atoms with E-state index in [4.69, 9.17) is 26.3 Å². The van der Waals surface area contributed by atoms with Crippen molar-refractivity contribution in [3.63, 3.8) is 0 Å². The molecule has 0 spiro atoms. The smallest absolute Gasteiger partial charge is 0.319 e. The van der Waals surface area contributed by atoms with Gasteiger partial charge in [0, 0.05) is 52.2 Å². The Morgan fingerprint density at radius 1 is 1.10 bits per heavy atom. The number of ether oxygens (including phenoxy) is 1. The van der Waals surface area contributed by atoms with Gasteiger partial charge >= 0.3 is 6.01 Å². The number of rotatable bonds is 6. The summed E-state index contributed by atoms with van der Waals surface area (Å²) in [6, 6.07) is 13.0. The van der Waals surface area contributed by atoms with Crippen molar-refractivity contribution in [3.8, 4) is 17.1 Å². The molecule has 0 unspecified atom stereocenters. The molecule has 8 nitrogen and oxygen atoms in total. The average molecular weight is 581 g/mol. The topological polar surface area (TPSA) is 74.7 Å². The maximum Gasteiger partial charge on any atom is 0.319 e. The van der Waals surface area contributed by atoms with Crippen LogP contribution in [0.1, 0.15) is 32.1 Å². The average Bonchev–Trinajstić information content (AvgIpc) is 3.68. The maximum atomic E-state index is 12.4. The Morgan fingerprint density at radius 2 is 1.95 bits per heavy atom. The zero-order chi connectivity index (χ0) is 28.4. The number of halogens is 1. The minimum Gasteiger partial charge on any atom is -0.461 e. The molecule has 8 rings (SSSR count). The third kappa shape index (κ3) is 3.99. The molecule has 0 N–H and O–H groups in total. The molecular formula is C33H33ClN6O2. The number of hydrogen-bond acceptors (Lipinski definition) is 7. The van der Waals surface area contributed by atoms with Gasteiger partial charge in [0.2, 0.25) is 5.91 Å². The van der Waals surface area contributed by atoms with E-state index in [9.17, 15) is 4.79 Å². The van der Waals surface area contributed by atoms with E-state index in [0.717, 1.165) is 84.1 Å². The van der Waals surface area contributed by atoms with Crippen LogP contribution in [0.3, 0.4) is 0 Å². The van der Waals surface area contributed by atoms with E-state index in [1.54, 1.807) is 0 Å². The van der Waals surface area contributed by atoms with Crippen molar-refractivity contribution in [2.75, 3.05) is 37.7 Å². The molecule has 0 radical (unpaired) electrons. The first-order chi connectivity index (χ1) is 20.5. The van der Waals surface area contributed by atoms with Crippen LogP contribution in [0.2, 0.25) is 5.02 Å². The van der Waals surface area contributed by atoms with Crippen LogP contribution in [0, 0.1) is 0 Å². The van der Waals surface area contributed by atoms with Crippen LogP contribution in [0.5, 0.6) is 6.01 Å². The fourth-order valence-corrected chi connectivity index (χ4v) is 8.15. The van der Waals surface area contributed by atoms with Gasteiger partial charge < -0.3 is 14.5 Å². The second kappa shape index (κ2) is 9.92. The van der Waals surface area contributed by atoms with E-state index in [1.165, 1.54) is 18.9 Å². The number of aromatic nitrogens is 3. The predicted octanol–water partition coefficient (Wildman–Crippen LogP) is 5.48. The molecule has 6 heterocycles. The number of anilines is 1. The Labute approximate surface area is 249 Å². The summed E-state index contributed by atoms with van der Waals surface area (Å²) in [7, 11) is 0. The fourth-order valence-electron chi connectivity index (χ4n) is 7.87. The molecule has 0 aliphatic carbocycles. The molecule has 4 aliphatic heterocycles. The summed E-state index contributed by atoms with van der Waals surface area (Å²) in [6.07, 6.45) is 10.8. The molecule has 2 aromatic carbocycles. The maximum absolute atomic E-state index is 12.4. The molecule has 0 saturated carbocycles. The number of carbonyl (C=O) groups is 1. The highest BCUT2D eigenvalue weighted by atomic mass is 35.5. The number of amides is 1. The first-order valence-corrected chi connectivity index (χ1v) is 15.3. The van der Waals surface area contributed by atoms with E-state index in [2.05, 4.69) is 39.6 Å². The van der Waals surface area contributed by atoms with Gasteiger partial charge in [-0.1, -0.05) is 36.4 Å².